The summed E-state index contributed by atoms with van der Waals surface area (Å²) in [6.45, 7) is 5.76. The van der Waals surface area contributed by atoms with Gasteiger partial charge in [0.05, 0.1) is 12.7 Å². The van der Waals surface area contributed by atoms with E-state index in [0.717, 1.165) is 23.4 Å². The maximum absolute atomic E-state index is 12.5. The summed E-state index contributed by atoms with van der Waals surface area (Å²) in [6, 6.07) is 9.68. The number of halogens is 3. The largest absolute Gasteiger partial charge is 0.611 e. The van der Waals surface area contributed by atoms with Crippen LogP contribution in [0.25, 0.3) is 0 Å². The minimum absolute atomic E-state index is 0.0756. The van der Waals surface area contributed by atoms with Crippen LogP contribution in [0.5, 0.6) is 11.5 Å². The van der Waals surface area contributed by atoms with Gasteiger partial charge in [-0.05, 0) is 66.1 Å². The SMILES string of the molecule is C=C(COc1ccc(C(F)(F)F)cc1)C[S+]([O-])c1ccc(OC)c(C)c1. The fourth-order valence-electron chi connectivity index (χ4n) is 2.23. The van der Waals surface area contributed by atoms with E-state index in [1.54, 1.807) is 25.3 Å². The summed E-state index contributed by atoms with van der Waals surface area (Å²) < 4.78 is 60.5. The van der Waals surface area contributed by atoms with Crippen molar-refractivity contribution >= 4 is 11.2 Å². The molecule has 0 aliphatic heterocycles. The molecule has 0 radical (unpaired) electrons. The van der Waals surface area contributed by atoms with Crippen LogP contribution in [0.15, 0.2) is 59.5 Å². The average Bonchev–Trinajstić information content (AvgIpc) is 2.59. The first-order chi connectivity index (χ1) is 12.2. The van der Waals surface area contributed by atoms with Gasteiger partial charge in [-0.2, -0.15) is 13.2 Å². The van der Waals surface area contributed by atoms with Crippen LogP contribution in [0.2, 0.25) is 0 Å². The Morgan fingerprint density at radius 3 is 2.35 bits per heavy atom. The number of aryl methyl sites for hydroxylation is 1. The Morgan fingerprint density at radius 1 is 1.15 bits per heavy atom. The minimum Gasteiger partial charge on any atom is -0.611 e. The summed E-state index contributed by atoms with van der Waals surface area (Å²) in [4.78, 5) is 0.652. The highest BCUT2D eigenvalue weighted by molar-refractivity contribution is 7.91. The molecule has 0 spiro atoms. The van der Waals surface area contributed by atoms with Gasteiger partial charge in [-0.3, -0.25) is 0 Å². The second kappa shape index (κ2) is 8.51. The summed E-state index contributed by atoms with van der Waals surface area (Å²) in [5.74, 6) is 1.22. The fraction of sp³-hybridized carbons (Fsp3) is 0.263. The summed E-state index contributed by atoms with van der Waals surface area (Å²) in [7, 11) is 1.57. The Kier molecular flexibility index (Phi) is 6.61. The van der Waals surface area contributed by atoms with Crippen LogP contribution in [0.1, 0.15) is 11.1 Å². The van der Waals surface area contributed by atoms with Gasteiger partial charge in [-0.15, -0.1) is 0 Å². The van der Waals surface area contributed by atoms with E-state index in [9.17, 15) is 17.7 Å². The summed E-state index contributed by atoms with van der Waals surface area (Å²) >= 11 is -1.29. The number of hydrogen-bond acceptors (Lipinski definition) is 3. The van der Waals surface area contributed by atoms with Crippen molar-refractivity contribution < 1.29 is 27.2 Å². The molecule has 0 aliphatic carbocycles. The highest BCUT2D eigenvalue weighted by atomic mass is 32.2. The van der Waals surface area contributed by atoms with Gasteiger partial charge in [0.2, 0.25) is 0 Å². The summed E-state index contributed by atoms with van der Waals surface area (Å²) in [5, 5.41) is 0. The van der Waals surface area contributed by atoms with Crippen molar-refractivity contribution in [3.05, 3.63) is 65.7 Å². The predicted molar refractivity (Wildman–Crippen MR) is 95.1 cm³/mol. The van der Waals surface area contributed by atoms with Gasteiger partial charge in [0.1, 0.15) is 23.9 Å². The number of hydrogen-bond donors (Lipinski definition) is 0. The molecule has 0 aliphatic rings. The van der Waals surface area contributed by atoms with Crippen molar-refractivity contribution in [1.82, 2.24) is 0 Å². The quantitative estimate of drug-likeness (QED) is 0.510. The van der Waals surface area contributed by atoms with Crippen LogP contribution in [-0.2, 0) is 17.4 Å². The maximum Gasteiger partial charge on any atom is 0.416 e. The maximum atomic E-state index is 12.5. The number of ether oxygens (including phenoxy) is 2. The number of methoxy groups -OCH3 is 1. The first-order valence-electron chi connectivity index (χ1n) is 7.70. The molecule has 2 rings (SSSR count). The lowest BCUT2D eigenvalue weighted by atomic mass is 10.2. The molecule has 3 nitrogen and oxygen atoms in total. The minimum atomic E-state index is -4.38. The van der Waals surface area contributed by atoms with E-state index < -0.39 is 22.9 Å². The van der Waals surface area contributed by atoms with Crippen molar-refractivity contribution in [2.75, 3.05) is 19.5 Å². The Hall–Kier alpha value is -2.12. The van der Waals surface area contributed by atoms with Gasteiger partial charge in [-0.25, -0.2) is 0 Å². The molecule has 0 amide bonds. The van der Waals surface area contributed by atoms with Crippen molar-refractivity contribution in [3.8, 4) is 11.5 Å². The molecule has 26 heavy (non-hydrogen) atoms. The predicted octanol–water partition coefficient (Wildman–Crippen LogP) is 4.77. The van der Waals surface area contributed by atoms with E-state index >= 15 is 0 Å². The second-order valence-electron chi connectivity index (χ2n) is 5.68. The first-order valence-corrected chi connectivity index (χ1v) is 9.02. The molecular weight excluding hydrogens is 365 g/mol. The normalized spacial score (nSPS) is 12.5. The Labute approximate surface area is 153 Å². The molecule has 0 saturated carbocycles. The molecule has 2 aromatic carbocycles. The highest BCUT2D eigenvalue weighted by Crippen LogP contribution is 2.30. The second-order valence-corrected chi connectivity index (χ2v) is 7.13. The first kappa shape index (κ1) is 20.2. The van der Waals surface area contributed by atoms with Crippen LogP contribution >= 0.6 is 0 Å². The highest BCUT2D eigenvalue weighted by Gasteiger charge is 2.30. The van der Waals surface area contributed by atoms with Crippen molar-refractivity contribution in [3.63, 3.8) is 0 Å². The smallest absolute Gasteiger partial charge is 0.416 e. The Morgan fingerprint density at radius 2 is 1.81 bits per heavy atom. The number of rotatable bonds is 7. The molecule has 0 N–H and O–H groups in total. The van der Waals surface area contributed by atoms with Crippen molar-refractivity contribution in [1.29, 1.82) is 0 Å². The molecule has 1 unspecified atom stereocenters. The topological polar surface area (TPSA) is 41.5 Å². The van der Waals surface area contributed by atoms with E-state index in [0.29, 0.717) is 16.2 Å². The zero-order valence-corrected chi connectivity index (χ0v) is 15.2. The molecule has 140 valence electrons. The summed E-state index contributed by atoms with van der Waals surface area (Å²) in [5.41, 5.74) is 0.723. The third-order valence-electron chi connectivity index (χ3n) is 3.59. The molecule has 1 atom stereocenters. The molecule has 0 fully saturated rings. The lowest BCUT2D eigenvalue weighted by Gasteiger charge is -2.14. The van der Waals surface area contributed by atoms with Gasteiger partial charge in [0.15, 0.2) is 4.90 Å². The van der Waals surface area contributed by atoms with Crippen molar-refractivity contribution in [2.45, 2.75) is 18.0 Å². The fourth-order valence-corrected chi connectivity index (χ4v) is 3.38. The monoisotopic (exact) mass is 384 g/mol. The average molecular weight is 384 g/mol. The van der Waals surface area contributed by atoms with Crippen LogP contribution in [0.4, 0.5) is 13.2 Å². The van der Waals surface area contributed by atoms with Gasteiger partial charge < -0.3 is 14.0 Å². The third kappa shape index (κ3) is 5.44. The third-order valence-corrected chi connectivity index (χ3v) is 5.04. The number of alkyl halides is 3. The Bertz CT molecular complexity index is 758. The molecule has 7 heteroatoms. The molecule has 0 saturated heterocycles. The van der Waals surface area contributed by atoms with Gasteiger partial charge in [0.25, 0.3) is 0 Å². The van der Waals surface area contributed by atoms with Gasteiger partial charge in [-0.1, -0.05) is 6.58 Å². The van der Waals surface area contributed by atoms with E-state index in [1.165, 1.54) is 12.1 Å². The lowest BCUT2D eigenvalue weighted by Crippen LogP contribution is -2.13. The van der Waals surface area contributed by atoms with Crippen LogP contribution in [0.3, 0.4) is 0 Å². The van der Waals surface area contributed by atoms with E-state index in [2.05, 4.69) is 6.58 Å². The standard InChI is InChI=1S/C19H19F3O3S/c1-13(11-25-16-6-4-15(5-7-16)19(20,21)22)12-26(23)17-8-9-18(24-3)14(2)10-17/h4-10H,1,11-12H2,2-3H3. The van der Waals surface area contributed by atoms with E-state index in [1.807, 2.05) is 6.92 Å². The van der Waals surface area contributed by atoms with E-state index in [-0.39, 0.29) is 12.4 Å². The molecular formula is C19H19F3O3S. The Balaban J connectivity index is 1.89. The summed E-state index contributed by atoms with van der Waals surface area (Å²) in [6.07, 6.45) is -4.38. The van der Waals surface area contributed by atoms with Crippen LogP contribution < -0.4 is 9.47 Å². The van der Waals surface area contributed by atoms with Gasteiger partial charge in [0, 0.05) is 5.57 Å². The number of benzene rings is 2. The van der Waals surface area contributed by atoms with Crippen molar-refractivity contribution in [2.24, 2.45) is 0 Å². The van der Waals surface area contributed by atoms with Gasteiger partial charge >= 0.3 is 6.18 Å². The molecule has 0 aromatic heterocycles. The van der Waals surface area contributed by atoms with Crippen LogP contribution in [0, 0.1) is 6.92 Å². The van der Waals surface area contributed by atoms with Crippen LogP contribution in [-0.4, -0.2) is 24.0 Å². The molecule has 0 heterocycles. The zero-order chi connectivity index (χ0) is 19.3. The molecule has 0 bridgehead atoms. The van der Waals surface area contributed by atoms with E-state index in [4.69, 9.17) is 9.47 Å². The zero-order valence-electron chi connectivity index (χ0n) is 14.4. The molecule has 2 aromatic rings. The lowest BCUT2D eigenvalue weighted by molar-refractivity contribution is -0.137.